The Balaban J connectivity index is 2.26. The topological polar surface area (TPSA) is 56.0 Å². The van der Waals surface area contributed by atoms with Crippen molar-refractivity contribution in [1.29, 1.82) is 0 Å². The maximum absolute atomic E-state index is 10.8. The number of Topliss-reactive ketones (excluding diaryl/α,β-unsaturated/α-hetero) is 1. The van der Waals surface area contributed by atoms with Gasteiger partial charge in [-0.1, -0.05) is 16.9 Å². The summed E-state index contributed by atoms with van der Waals surface area (Å²) in [6.45, 7) is 1.51. The Morgan fingerprint density at radius 3 is 3.00 bits per heavy atom. The van der Waals surface area contributed by atoms with Crippen LogP contribution in [0.1, 0.15) is 6.92 Å². The van der Waals surface area contributed by atoms with E-state index in [9.17, 15) is 4.79 Å². The van der Waals surface area contributed by atoms with Crippen LogP contribution >= 0.6 is 21.6 Å². The van der Waals surface area contributed by atoms with Crippen LogP contribution in [-0.2, 0) is 4.79 Å². The number of aromatic nitrogens is 1. The normalized spacial score (nSPS) is 12.4. The second-order valence-corrected chi connectivity index (χ2v) is 5.11. The molecule has 0 amide bonds. The van der Waals surface area contributed by atoms with E-state index in [0.29, 0.717) is 5.75 Å². The van der Waals surface area contributed by atoms with Crippen molar-refractivity contribution in [2.75, 3.05) is 5.75 Å². The van der Waals surface area contributed by atoms with Crippen molar-refractivity contribution in [3.05, 3.63) is 24.4 Å². The zero-order valence-corrected chi connectivity index (χ0v) is 9.48. The molecule has 0 aromatic carbocycles. The lowest BCUT2D eigenvalue weighted by Gasteiger charge is -2.05. The predicted octanol–water partition coefficient (Wildman–Crippen LogP) is 1.74. The largest absolute Gasteiger partial charge is 0.321 e. The molecule has 1 heterocycles. The van der Waals surface area contributed by atoms with Gasteiger partial charge < -0.3 is 5.73 Å². The number of nitrogens with zero attached hydrogens (tertiary/aromatic N) is 1. The van der Waals surface area contributed by atoms with Gasteiger partial charge in [0.05, 0.1) is 6.04 Å². The number of hydrogen-bond donors (Lipinski definition) is 1. The second kappa shape index (κ2) is 6.06. The Morgan fingerprint density at radius 2 is 2.43 bits per heavy atom. The van der Waals surface area contributed by atoms with Crippen molar-refractivity contribution in [3.8, 4) is 0 Å². The summed E-state index contributed by atoms with van der Waals surface area (Å²) >= 11 is 0. The number of hydrogen-bond acceptors (Lipinski definition) is 5. The number of carbonyl (C=O) groups is 1. The van der Waals surface area contributed by atoms with E-state index in [1.165, 1.54) is 17.7 Å². The predicted molar refractivity (Wildman–Crippen MR) is 61.2 cm³/mol. The maximum Gasteiger partial charge on any atom is 0.147 e. The number of pyridine rings is 1. The molecule has 0 fully saturated rings. The van der Waals surface area contributed by atoms with E-state index in [2.05, 4.69) is 4.98 Å². The monoisotopic (exact) mass is 228 g/mol. The minimum Gasteiger partial charge on any atom is -0.321 e. The Bertz CT molecular complexity index is 292. The Hall–Kier alpha value is -0.520. The minimum absolute atomic E-state index is 0.0270. The van der Waals surface area contributed by atoms with Gasteiger partial charge in [0.1, 0.15) is 10.8 Å². The van der Waals surface area contributed by atoms with E-state index in [-0.39, 0.29) is 11.8 Å². The van der Waals surface area contributed by atoms with Crippen LogP contribution in [0.25, 0.3) is 0 Å². The zero-order chi connectivity index (χ0) is 10.4. The van der Waals surface area contributed by atoms with Crippen molar-refractivity contribution in [1.82, 2.24) is 4.98 Å². The lowest BCUT2D eigenvalue weighted by Crippen LogP contribution is -2.30. The second-order valence-electron chi connectivity index (χ2n) is 2.75. The van der Waals surface area contributed by atoms with Crippen molar-refractivity contribution < 1.29 is 4.79 Å². The van der Waals surface area contributed by atoms with E-state index in [1.54, 1.807) is 17.0 Å². The average molecular weight is 228 g/mol. The molecule has 0 unspecified atom stereocenters. The van der Waals surface area contributed by atoms with Gasteiger partial charge in [0.25, 0.3) is 0 Å². The first-order chi connectivity index (χ1) is 6.70. The lowest BCUT2D eigenvalue weighted by atomic mass is 10.3. The first-order valence-corrected chi connectivity index (χ1v) is 6.48. The highest BCUT2D eigenvalue weighted by Crippen LogP contribution is 2.29. The van der Waals surface area contributed by atoms with Crippen molar-refractivity contribution in [3.63, 3.8) is 0 Å². The first kappa shape index (κ1) is 11.6. The number of carbonyl (C=O) groups excluding carboxylic acids is 1. The van der Waals surface area contributed by atoms with Crippen LogP contribution in [0.15, 0.2) is 29.4 Å². The van der Waals surface area contributed by atoms with Crippen LogP contribution in [0.2, 0.25) is 0 Å². The smallest absolute Gasteiger partial charge is 0.147 e. The van der Waals surface area contributed by atoms with E-state index in [1.807, 2.05) is 18.2 Å². The van der Waals surface area contributed by atoms with Crippen LogP contribution in [0.4, 0.5) is 0 Å². The van der Waals surface area contributed by atoms with Crippen LogP contribution < -0.4 is 5.73 Å². The molecule has 0 radical (unpaired) electrons. The molecule has 0 saturated heterocycles. The molecule has 1 atom stereocenters. The highest BCUT2D eigenvalue weighted by atomic mass is 33.1. The van der Waals surface area contributed by atoms with Crippen LogP contribution in [0.5, 0.6) is 0 Å². The number of ketones is 1. The summed E-state index contributed by atoms with van der Waals surface area (Å²) in [4.78, 5) is 15.0. The maximum atomic E-state index is 10.8. The van der Waals surface area contributed by atoms with E-state index in [0.717, 1.165) is 5.03 Å². The molecule has 3 nitrogen and oxygen atoms in total. The lowest BCUT2D eigenvalue weighted by molar-refractivity contribution is -0.117. The van der Waals surface area contributed by atoms with Gasteiger partial charge in [-0.3, -0.25) is 4.79 Å². The SMILES string of the molecule is CC(=O)[C@@H](N)CSSc1ccccn1. The summed E-state index contributed by atoms with van der Waals surface area (Å²) in [5.41, 5.74) is 5.58. The van der Waals surface area contributed by atoms with Gasteiger partial charge >= 0.3 is 0 Å². The summed E-state index contributed by atoms with van der Waals surface area (Å²) in [5, 5.41) is 0.938. The third kappa shape index (κ3) is 4.13. The molecule has 1 aromatic heterocycles. The van der Waals surface area contributed by atoms with E-state index in [4.69, 9.17) is 5.73 Å². The Labute approximate surface area is 91.3 Å². The molecule has 1 rings (SSSR count). The van der Waals surface area contributed by atoms with Gasteiger partial charge in [0.2, 0.25) is 0 Å². The molecule has 76 valence electrons. The average Bonchev–Trinajstić information content (AvgIpc) is 2.19. The number of rotatable bonds is 5. The fourth-order valence-corrected chi connectivity index (χ4v) is 2.79. The van der Waals surface area contributed by atoms with Crippen LogP contribution in [-0.4, -0.2) is 22.6 Å². The molecule has 2 N–H and O–H groups in total. The quantitative estimate of drug-likeness (QED) is 0.778. The summed E-state index contributed by atoms with van der Waals surface area (Å²) in [6, 6.07) is 5.37. The molecule has 0 saturated carbocycles. The molecule has 0 aliphatic carbocycles. The Kier molecular flexibility index (Phi) is 5.00. The van der Waals surface area contributed by atoms with Crippen LogP contribution in [0.3, 0.4) is 0 Å². The van der Waals surface area contributed by atoms with E-state index < -0.39 is 0 Å². The molecule has 14 heavy (non-hydrogen) atoms. The van der Waals surface area contributed by atoms with Gasteiger partial charge in [-0.05, 0) is 29.9 Å². The first-order valence-electron chi connectivity index (χ1n) is 4.16. The minimum atomic E-state index is -0.365. The summed E-state index contributed by atoms with van der Waals surface area (Å²) in [5.74, 6) is 0.649. The van der Waals surface area contributed by atoms with Gasteiger partial charge in [0.15, 0.2) is 0 Å². The molecule has 0 aliphatic heterocycles. The highest BCUT2D eigenvalue weighted by molar-refractivity contribution is 8.76. The molecule has 0 bridgehead atoms. The number of nitrogens with two attached hydrogens (primary N) is 1. The van der Waals surface area contributed by atoms with Gasteiger partial charge in [-0.25, -0.2) is 4.98 Å². The molecular weight excluding hydrogens is 216 g/mol. The standard InChI is InChI=1S/C9H12N2OS2/c1-7(12)8(10)6-13-14-9-4-2-3-5-11-9/h2-5,8H,6,10H2,1H3/t8-/m0/s1. The molecule has 0 spiro atoms. The molecule has 0 aliphatic rings. The van der Waals surface area contributed by atoms with Crippen molar-refractivity contribution in [2.45, 2.75) is 18.0 Å². The van der Waals surface area contributed by atoms with Gasteiger partial charge in [-0.2, -0.15) is 0 Å². The zero-order valence-electron chi connectivity index (χ0n) is 7.84. The van der Waals surface area contributed by atoms with E-state index >= 15 is 0 Å². The molecular formula is C9H12N2OS2. The fourth-order valence-electron chi connectivity index (χ4n) is 0.681. The summed E-state index contributed by atoms with van der Waals surface area (Å²) in [6.07, 6.45) is 1.74. The third-order valence-electron chi connectivity index (χ3n) is 1.55. The fraction of sp³-hybridized carbons (Fsp3) is 0.333. The summed E-state index contributed by atoms with van der Waals surface area (Å²) in [7, 11) is 3.09. The van der Waals surface area contributed by atoms with Gasteiger partial charge in [-0.15, -0.1) is 0 Å². The van der Waals surface area contributed by atoms with Crippen LogP contribution in [0, 0.1) is 0 Å². The third-order valence-corrected chi connectivity index (χ3v) is 3.85. The molecule has 1 aromatic rings. The summed E-state index contributed by atoms with van der Waals surface area (Å²) < 4.78 is 0. The van der Waals surface area contributed by atoms with Crippen molar-refractivity contribution >= 4 is 27.4 Å². The van der Waals surface area contributed by atoms with Gasteiger partial charge in [0, 0.05) is 11.9 Å². The Morgan fingerprint density at radius 1 is 1.64 bits per heavy atom. The van der Waals surface area contributed by atoms with Crippen molar-refractivity contribution in [2.24, 2.45) is 5.73 Å². The molecule has 5 heteroatoms. The highest BCUT2D eigenvalue weighted by Gasteiger charge is 2.08.